The van der Waals surface area contributed by atoms with Gasteiger partial charge in [0.1, 0.15) is 5.75 Å². The number of carbonyl (C=O) groups is 1. The number of para-hydroxylation sites is 1. The third-order valence-electron chi connectivity index (χ3n) is 5.60. The molecule has 0 radical (unpaired) electrons. The lowest BCUT2D eigenvalue weighted by Gasteiger charge is -2.36. The summed E-state index contributed by atoms with van der Waals surface area (Å²) in [6, 6.07) is 14.2. The van der Waals surface area contributed by atoms with Crippen molar-refractivity contribution in [2.24, 2.45) is 0 Å². The van der Waals surface area contributed by atoms with Crippen molar-refractivity contribution in [3.8, 4) is 22.8 Å². The van der Waals surface area contributed by atoms with Gasteiger partial charge in [-0.05, 0) is 42.3 Å². The highest BCUT2D eigenvalue weighted by molar-refractivity contribution is 9.69. The van der Waals surface area contributed by atoms with Gasteiger partial charge in [-0.25, -0.2) is 9.97 Å². The average molecular weight is 693 g/mol. The highest BCUT2D eigenvalue weighted by Gasteiger charge is 2.30. The Morgan fingerprint density at radius 3 is 2.46 bits per heavy atom. The predicted molar refractivity (Wildman–Crippen MR) is 152 cm³/mol. The van der Waals surface area contributed by atoms with Gasteiger partial charge in [-0.3, -0.25) is 4.79 Å². The SMILES string of the molecule is BrB(Br)Br.O=C(c1ccccc1-n1nccn1)N1CCOC[C@H]1Cc1ccc(O)c(-c2ncccn2)c1. The van der Waals surface area contributed by atoms with E-state index < -0.39 is 0 Å². The van der Waals surface area contributed by atoms with E-state index in [1.807, 2.05) is 35.2 Å². The zero-order valence-corrected chi connectivity index (χ0v) is 24.3. The highest BCUT2D eigenvalue weighted by atomic mass is 79.9. The minimum Gasteiger partial charge on any atom is -0.507 e. The van der Waals surface area contributed by atoms with Gasteiger partial charge >= 0.3 is 3.18 Å². The smallest absolute Gasteiger partial charge is 0.369 e. The molecule has 13 heteroatoms. The zero-order valence-electron chi connectivity index (χ0n) is 19.5. The molecule has 190 valence electrons. The van der Waals surface area contributed by atoms with E-state index in [1.165, 1.54) is 4.80 Å². The fourth-order valence-electron chi connectivity index (χ4n) is 4.01. The number of aromatic hydroxyl groups is 1. The molecule has 0 saturated carbocycles. The molecule has 1 atom stereocenters. The standard InChI is InChI=1S/C24H22N6O3.BBr3/c31-22-7-6-17(15-20(22)23-25-8-3-9-26-23)14-18-16-33-13-12-29(18)24(32)19-4-1-2-5-21(19)30-27-10-11-28-30;2-1(3)4/h1-11,15,18,31H,12-14,16H2;/t18-;/m1./s1. The van der Waals surface area contributed by atoms with Crippen molar-refractivity contribution in [1.29, 1.82) is 0 Å². The largest absolute Gasteiger partial charge is 0.507 e. The molecule has 1 saturated heterocycles. The molecule has 1 aliphatic heterocycles. The summed E-state index contributed by atoms with van der Waals surface area (Å²) in [4.78, 5) is 25.4. The number of morpholine rings is 1. The van der Waals surface area contributed by atoms with Crippen molar-refractivity contribution in [2.45, 2.75) is 12.5 Å². The Labute approximate surface area is 239 Å². The first kappa shape index (κ1) is 27.4. The normalized spacial score (nSPS) is 15.0. The first-order valence-electron chi connectivity index (χ1n) is 11.3. The maximum absolute atomic E-state index is 13.6. The summed E-state index contributed by atoms with van der Waals surface area (Å²) in [7, 11) is 0. The Kier molecular flexibility index (Phi) is 9.84. The molecule has 9 nitrogen and oxygen atoms in total. The van der Waals surface area contributed by atoms with Crippen LogP contribution in [0.15, 0.2) is 73.3 Å². The summed E-state index contributed by atoms with van der Waals surface area (Å²) in [6.07, 6.45) is 6.99. The number of phenolic OH excluding ortho intramolecular Hbond substituents is 1. The Morgan fingerprint density at radius 2 is 1.73 bits per heavy atom. The summed E-state index contributed by atoms with van der Waals surface area (Å²) >= 11 is 9.31. The van der Waals surface area contributed by atoms with Gasteiger partial charge < -0.3 is 14.7 Å². The van der Waals surface area contributed by atoms with Crippen LogP contribution in [-0.2, 0) is 11.2 Å². The molecule has 0 bridgehead atoms. The maximum atomic E-state index is 13.6. The summed E-state index contributed by atoms with van der Waals surface area (Å²) in [5.74, 6) is 0.463. The molecule has 2 aromatic heterocycles. The van der Waals surface area contributed by atoms with E-state index in [0.717, 1.165) is 5.56 Å². The first-order chi connectivity index (χ1) is 17.9. The quantitative estimate of drug-likeness (QED) is 0.303. The Morgan fingerprint density at radius 1 is 1.03 bits per heavy atom. The van der Waals surface area contributed by atoms with Gasteiger partial charge in [0.05, 0.1) is 48.5 Å². The molecule has 1 N–H and O–H groups in total. The van der Waals surface area contributed by atoms with E-state index in [2.05, 4.69) is 67.4 Å². The number of carbonyl (C=O) groups excluding carboxylic acids is 1. The van der Waals surface area contributed by atoms with Gasteiger partial charge in [0.15, 0.2) is 5.82 Å². The van der Waals surface area contributed by atoms with Crippen molar-refractivity contribution < 1.29 is 14.6 Å². The summed E-state index contributed by atoms with van der Waals surface area (Å²) in [5, 5.41) is 18.7. The van der Waals surface area contributed by atoms with Crippen LogP contribution in [0.3, 0.4) is 0 Å². The van der Waals surface area contributed by atoms with E-state index in [-0.39, 0.29) is 20.9 Å². The topological polar surface area (TPSA) is 106 Å². The summed E-state index contributed by atoms with van der Waals surface area (Å²) < 4.78 is 5.98. The Hall–Kier alpha value is -2.61. The first-order valence-corrected chi connectivity index (χ1v) is 14.0. The lowest BCUT2D eigenvalue weighted by atomic mass is 10.00. The van der Waals surface area contributed by atoms with Gasteiger partial charge in [0.25, 0.3) is 5.91 Å². The van der Waals surface area contributed by atoms with Crippen LogP contribution in [0, 0.1) is 0 Å². The summed E-state index contributed by atoms with van der Waals surface area (Å²) in [5.41, 5.74) is 2.67. The number of ether oxygens (including phenoxy) is 1. The van der Waals surface area contributed by atoms with Crippen LogP contribution < -0.4 is 0 Å². The minimum atomic E-state index is -0.168. The number of amides is 1. The number of rotatable bonds is 5. The van der Waals surface area contributed by atoms with Crippen LogP contribution in [0.2, 0.25) is 0 Å². The second-order valence-corrected chi connectivity index (χ2v) is 14.4. The van der Waals surface area contributed by atoms with Crippen molar-refractivity contribution in [3.63, 3.8) is 0 Å². The molecule has 0 spiro atoms. The third kappa shape index (κ3) is 7.25. The third-order valence-corrected chi connectivity index (χ3v) is 5.60. The van der Waals surface area contributed by atoms with Crippen molar-refractivity contribution in [3.05, 3.63) is 84.4 Å². The molecular weight excluding hydrogens is 671 g/mol. The lowest BCUT2D eigenvalue weighted by molar-refractivity contribution is -0.00165. The number of phenols is 1. The molecule has 1 aliphatic rings. The molecule has 1 fully saturated rings. The number of hydrogen-bond donors (Lipinski definition) is 1. The van der Waals surface area contributed by atoms with E-state index in [0.29, 0.717) is 48.8 Å². The van der Waals surface area contributed by atoms with Gasteiger partial charge in [-0.1, -0.05) is 18.2 Å². The van der Waals surface area contributed by atoms with E-state index in [1.54, 1.807) is 43.0 Å². The predicted octanol–water partition coefficient (Wildman–Crippen LogP) is 4.67. The maximum Gasteiger partial charge on any atom is 0.369 e. The number of aromatic nitrogens is 5. The van der Waals surface area contributed by atoms with Crippen molar-refractivity contribution in [1.82, 2.24) is 29.9 Å². The van der Waals surface area contributed by atoms with Gasteiger partial charge in [-0.2, -0.15) is 15.0 Å². The molecule has 0 aliphatic carbocycles. The van der Waals surface area contributed by atoms with Crippen LogP contribution in [0.5, 0.6) is 5.75 Å². The molecule has 2 aromatic carbocycles. The van der Waals surface area contributed by atoms with Crippen LogP contribution in [-0.4, -0.2) is 69.9 Å². The zero-order chi connectivity index (χ0) is 26.2. The lowest BCUT2D eigenvalue weighted by Crippen LogP contribution is -2.50. The van der Waals surface area contributed by atoms with Crippen molar-refractivity contribution >= 4 is 56.4 Å². The molecule has 3 heterocycles. The van der Waals surface area contributed by atoms with Crippen LogP contribution in [0.1, 0.15) is 15.9 Å². The Balaban J connectivity index is 0.000000747. The van der Waals surface area contributed by atoms with E-state index >= 15 is 0 Å². The van der Waals surface area contributed by atoms with Gasteiger partial charge in [0.2, 0.25) is 0 Å². The monoisotopic (exact) mass is 690 g/mol. The number of benzene rings is 2. The fraction of sp³-hybridized carbons (Fsp3) is 0.208. The molecule has 0 unspecified atom stereocenters. The molecular formula is C24H22BBr3N6O3. The molecule has 4 aromatic rings. The Bertz CT molecular complexity index is 1310. The minimum absolute atomic E-state index is 0.0957. The molecule has 37 heavy (non-hydrogen) atoms. The fourth-order valence-corrected chi connectivity index (χ4v) is 4.01. The van der Waals surface area contributed by atoms with Gasteiger partial charge in [0, 0.05) is 18.9 Å². The number of hydrogen-bond acceptors (Lipinski definition) is 7. The van der Waals surface area contributed by atoms with E-state index in [9.17, 15) is 9.90 Å². The second kappa shape index (κ2) is 13.3. The van der Waals surface area contributed by atoms with Crippen LogP contribution in [0.25, 0.3) is 17.1 Å². The average Bonchev–Trinajstić information content (AvgIpc) is 3.45. The van der Waals surface area contributed by atoms with Crippen molar-refractivity contribution in [2.75, 3.05) is 19.8 Å². The molecule has 1 amide bonds. The second-order valence-electron chi connectivity index (χ2n) is 7.94. The highest BCUT2D eigenvalue weighted by Crippen LogP contribution is 2.28. The number of nitrogens with zero attached hydrogens (tertiary/aromatic N) is 6. The summed E-state index contributed by atoms with van der Waals surface area (Å²) in [6.45, 7) is 1.38. The molecule has 5 rings (SSSR count). The number of halogens is 3. The van der Waals surface area contributed by atoms with Gasteiger partial charge in [-0.15, -0.1) is 47.3 Å². The van der Waals surface area contributed by atoms with Crippen LogP contribution >= 0.6 is 47.3 Å². The van der Waals surface area contributed by atoms with Crippen LogP contribution in [0.4, 0.5) is 0 Å². The van der Waals surface area contributed by atoms with E-state index in [4.69, 9.17) is 4.74 Å².